The number of imidazole rings is 1. The molecule has 0 atom stereocenters. The molecule has 3 aromatic heterocycles. The molecule has 5 nitrogen and oxygen atoms in total. The maximum atomic E-state index is 13.0. The average molecular weight is 387 g/mol. The third-order valence-electron chi connectivity index (χ3n) is 4.79. The zero-order valence-electron chi connectivity index (χ0n) is 14.8. The summed E-state index contributed by atoms with van der Waals surface area (Å²) < 4.78 is 3.72. The summed E-state index contributed by atoms with van der Waals surface area (Å²) in [7, 11) is 0. The number of aromatic nitrogens is 4. The molecule has 5 rings (SSSR count). The molecule has 0 spiro atoms. The Kier molecular flexibility index (Phi) is 3.95. The molecule has 136 valence electrons. The standard InChI is InChI=1S/C22H15ClN4O/c23-17-7-5-15(6-8-17)14-26-19-3-1-2-4-20(19)27-21(28)13-18(25-22(26)27)16-9-11-24-12-10-16/h1-13H,14H2. The molecule has 0 saturated heterocycles. The fourth-order valence-electron chi connectivity index (χ4n) is 3.47. The molecule has 0 aliphatic rings. The molecule has 0 fully saturated rings. The lowest BCUT2D eigenvalue weighted by Gasteiger charge is -2.07. The number of benzene rings is 2. The van der Waals surface area contributed by atoms with Gasteiger partial charge in [-0.2, -0.15) is 0 Å². The molecular weight excluding hydrogens is 372 g/mol. The number of hydrogen-bond acceptors (Lipinski definition) is 3. The summed E-state index contributed by atoms with van der Waals surface area (Å²) in [5, 5.41) is 0.695. The van der Waals surface area contributed by atoms with E-state index in [0.29, 0.717) is 23.0 Å². The lowest BCUT2D eigenvalue weighted by atomic mass is 10.2. The minimum atomic E-state index is -0.108. The maximum Gasteiger partial charge on any atom is 0.260 e. The SMILES string of the molecule is O=c1cc(-c2ccncc2)nc2n(Cc3ccc(Cl)cc3)c3ccccc3n12. The molecule has 0 aliphatic carbocycles. The van der Waals surface area contributed by atoms with Crippen LogP contribution in [-0.2, 0) is 6.54 Å². The molecular formula is C22H15ClN4O. The first-order valence-corrected chi connectivity index (χ1v) is 9.24. The lowest BCUT2D eigenvalue weighted by molar-refractivity contribution is 0.834. The number of fused-ring (bicyclic) bond motifs is 3. The highest BCUT2D eigenvalue weighted by Crippen LogP contribution is 2.23. The van der Waals surface area contributed by atoms with E-state index < -0.39 is 0 Å². The third-order valence-corrected chi connectivity index (χ3v) is 5.04. The Morgan fingerprint density at radius 3 is 2.36 bits per heavy atom. The topological polar surface area (TPSA) is 52.2 Å². The van der Waals surface area contributed by atoms with Crippen LogP contribution < -0.4 is 5.56 Å². The molecule has 0 bridgehead atoms. The Labute approximate surface area is 165 Å². The highest BCUT2D eigenvalue weighted by atomic mass is 35.5. The van der Waals surface area contributed by atoms with E-state index in [9.17, 15) is 4.79 Å². The second-order valence-electron chi connectivity index (χ2n) is 6.55. The molecule has 5 aromatic rings. The number of para-hydroxylation sites is 2. The Morgan fingerprint density at radius 2 is 1.61 bits per heavy atom. The van der Waals surface area contributed by atoms with Gasteiger partial charge < -0.3 is 4.57 Å². The van der Waals surface area contributed by atoms with Crippen molar-refractivity contribution in [2.75, 3.05) is 0 Å². The molecule has 6 heteroatoms. The molecule has 2 aromatic carbocycles. The van der Waals surface area contributed by atoms with E-state index in [2.05, 4.69) is 9.55 Å². The van der Waals surface area contributed by atoms with Crippen LogP contribution in [0.1, 0.15) is 5.56 Å². The van der Waals surface area contributed by atoms with Crippen LogP contribution in [0.4, 0.5) is 0 Å². The lowest BCUT2D eigenvalue weighted by Crippen LogP contribution is -2.14. The van der Waals surface area contributed by atoms with Crippen molar-refractivity contribution < 1.29 is 0 Å². The van der Waals surface area contributed by atoms with Crippen molar-refractivity contribution in [3.05, 3.63) is 100 Å². The third kappa shape index (κ3) is 2.77. The Morgan fingerprint density at radius 1 is 0.893 bits per heavy atom. The van der Waals surface area contributed by atoms with E-state index in [1.807, 2.05) is 60.7 Å². The van der Waals surface area contributed by atoms with Crippen molar-refractivity contribution >= 4 is 28.4 Å². The van der Waals surface area contributed by atoms with Crippen molar-refractivity contribution in [3.8, 4) is 11.3 Å². The molecule has 0 unspecified atom stereocenters. The monoisotopic (exact) mass is 386 g/mol. The Hall–Kier alpha value is -3.44. The van der Waals surface area contributed by atoms with Gasteiger partial charge in [-0.1, -0.05) is 35.9 Å². The number of nitrogens with zero attached hydrogens (tertiary/aromatic N) is 4. The molecule has 0 radical (unpaired) electrons. The van der Waals surface area contributed by atoms with Crippen LogP contribution >= 0.6 is 11.6 Å². The van der Waals surface area contributed by atoms with Gasteiger partial charge in [-0.15, -0.1) is 0 Å². The van der Waals surface area contributed by atoms with Gasteiger partial charge in [-0.3, -0.25) is 9.78 Å². The molecule has 3 heterocycles. The molecule has 0 amide bonds. The molecule has 0 N–H and O–H groups in total. The van der Waals surface area contributed by atoms with E-state index in [0.717, 1.165) is 22.2 Å². The fraction of sp³-hybridized carbons (Fsp3) is 0.0455. The molecule has 0 aliphatic heterocycles. The summed E-state index contributed by atoms with van der Waals surface area (Å²) in [5.41, 5.74) is 4.25. The fourth-order valence-corrected chi connectivity index (χ4v) is 3.59. The predicted octanol–water partition coefficient (Wildman–Crippen LogP) is 4.41. The smallest absolute Gasteiger partial charge is 0.260 e. The average Bonchev–Trinajstić information content (AvgIpc) is 3.04. The van der Waals surface area contributed by atoms with Crippen LogP contribution in [0.5, 0.6) is 0 Å². The summed E-state index contributed by atoms with van der Waals surface area (Å²) in [6.07, 6.45) is 3.39. The van der Waals surface area contributed by atoms with Crippen LogP contribution in [0.25, 0.3) is 28.1 Å². The number of pyridine rings is 1. The number of halogens is 1. The Bertz CT molecular complexity index is 1350. The predicted molar refractivity (Wildman–Crippen MR) is 111 cm³/mol. The van der Waals surface area contributed by atoms with E-state index in [1.54, 1.807) is 22.9 Å². The van der Waals surface area contributed by atoms with Crippen molar-refractivity contribution in [2.24, 2.45) is 0 Å². The van der Waals surface area contributed by atoms with Gasteiger partial charge in [0, 0.05) is 29.0 Å². The van der Waals surface area contributed by atoms with Gasteiger partial charge >= 0.3 is 0 Å². The first-order valence-electron chi connectivity index (χ1n) is 8.86. The normalized spacial score (nSPS) is 11.3. The van der Waals surface area contributed by atoms with Crippen LogP contribution in [0.15, 0.2) is 83.9 Å². The van der Waals surface area contributed by atoms with Crippen molar-refractivity contribution in [3.63, 3.8) is 0 Å². The minimum absolute atomic E-state index is 0.108. The van der Waals surface area contributed by atoms with Gasteiger partial charge in [0.05, 0.1) is 23.3 Å². The van der Waals surface area contributed by atoms with E-state index in [1.165, 1.54) is 0 Å². The van der Waals surface area contributed by atoms with Crippen LogP contribution in [0.2, 0.25) is 5.02 Å². The summed E-state index contributed by atoms with van der Waals surface area (Å²) >= 11 is 6.02. The maximum absolute atomic E-state index is 13.0. The quantitative estimate of drug-likeness (QED) is 0.461. The van der Waals surface area contributed by atoms with Crippen LogP contribution in [0, 0.1) is 0 Å². The molecule has 0 saturated carbocycles. The molecule has 28 heavy (non-hydrogen) atoms. The van der Waals surface area contributed by atoms with E-state index in [-0.39, 0.29) is 5.56 Å². The van der Waals surface area contributed by atoms with E-state index >= 15 is 0 Å². The second-order valence-corrected chi connectivity index (χ2v) is 6.99. The van der Waals surface area contributed by atoms with Gasteiger partial charge in [0.1, 0.15) is 0 Å². The van der Waals surface area contributed by atoms with E-state index in [4.69, 9.17) is 16.6 Å². The minimum Gasteiger partial charge on any atom is -0.305 e. The number of rotatable bonds is 3. The highest BCUT2D eigenvalue weighted by Gasteiger charge is 2.15. The van der Waals surface area contributed by atoms with Gasteiger partial charge in [0.15, 0.2) is 0 Å². The summed E-state index contributed by atoms with van der Waals surface area (Å²) in [6, 6.07) is 20.8. The second kappa shape index (κ2) is 6.62. The summed E-state index contributed by atoms with van der Waals surface area (Å²) in [4.78, 5) is 21.8. The van der Waals surface area contributed by atoms with Crippen molar-refractivity contribution in [1.82, 2.24) is 18.9 Å². The zero-order valence-corrected chi connectivity index (χ0v) is 15.5. The van der Waals surface area contributed by atoms with Gasteiger partial charge in [0.2, 0.25) is 5.78 Å². The zero-order chi connectivity index (χ0) is 19.1. The summed E-state index contributed by atoms with van der Waals surface area (Å²) in [6.45, 7) is 0.584. The number of hydrogen-bond donors (Lipinski definition) is 0. The van der Waals surface area contributed by atoms with Gasteiger partial charge in [0.25, 0.3) is 5.56 Å². The van der Waals surface area contributed by atoms with Crippen molar-refractivity contribution in [1.29, 1.82) is 0 Å². The van der Waals surface area contributed by atoms with Gasteiger partial charge in [-0.05, 0) is 42.0 Å². The van der Waals surface area contributed by atoms with Crippen molar-refractivity contribution in [2.45, 2.75) is 6.54 Å². The first kappa shape index (κ1) is 16.7. The Balaban J connectivity index is 1.79. The summed E-state index contributed by atoms with van der Waals surface area (Å²) in [5.74, 6) is 0.607. The van der Waals surface area contributed by atoms with Crippen LogP contribution in [0.3, 0.4) is 0 Å². The van der Waals surface area contributed by atoms with Crippen LogP contribution in [-0.4, -0.2) is 18.9 Å². The largest absolute Gasteiger partial charge is 0.305 e. The first-order chi connectivity index (χ1) is 13.7. The highest BCUT2D eigenvalue weighted by molar-refractivity contribution is 6.30. The van der Waals surface area contributed by atoms with Gasteiger partial charge in [-0.25, -0.2) is 9.38 Å².